The molecule has 2 aromatic rings. The monoisotopic (exact) mass is 323 g/mol. The molecule has 0 aliphatic heterocycles. The van der Waals surface area contributed by atoms with Crippen LogP contribution in [0.25, 0.3) is 0 Å². The Hall–Kier alpha value is -2.29. The molecule has 1 aliphatic rings. The van der Waals surface area contributed by atoms with Crippen molar-refractivity contribution in [1.29, 1.82) is 0 Å². The van der Waals surface area contributed by atoms with E-state index < -0.39 is 0 Å². The Bertz CT molecular complexity index is 697. The lowest BCUT2D eigenvalue weighted by Gasteiger charge is -2.19. The largest absolute Gasteiger partial charge is 0.483 e. The van der Waals surface area contributed by atoms with Gasteiger partial charge < -0.3 is 10.1 Å². The summed E-state index contributed by atoms with van der Waals surface area (Å²) in [5.41, 5.74) is 4.53. The molecule has 3 rings (SSSR count). The number of rotatable bonds is 6. The zero-order valence-electron chi connectivity index (χ0n) is 14.6. The molecule has 1 saturated carbocycles. The van der Waals surface area contributed by atoms with E-state index in [1.807, 2.05) is 32.0 Å². The normalized spacial score (nSPS) is 15.0. The molecule has 2 aromatic carbocycles. The number of carbonyl (C=O) groups excluding carboxylic acids is 1. The van der Waals surface area contributed by atoms with Crippen molar-refractivity contribution in [2.45, 2.75) is 39.7 Å². The molecule has 0 radical (unpaired) electrons. The molecule has 0 aromatic heterocycles. The van der Waals surface area contributed by atoms with Crippen molar-refractivity contribution in [3.63, 3.8) is 0 Å². The Morgan fingerprint density at radius 2 is 1.75 bits per heavy atom. The average Bonchev–Trinajstić information content (AvgIpc) is 3.37. The van der Waals surface area contributed by atoms with Crippen LogP contribution < -0.4 is 10.1 Å². The molecule has 0 spiro atoms. The maximum atomic E-state index is 12.4. The van der Waals surface area contributed by atoms with Gasteiger partial charge in [-0.15, -0.1) is 0 Å². The highest BCUT2D eigenvalue weighted by molar-refractivity contribution is 5.78. The highest BCUT2D eigenvalue weighted by atomic mass is 16.5. The fourth-order valence-electron chi connectivity index (χ4n) is 3.31. The van der Waals surface area contributed by atoms with Crippen LogP contribution in [0.1, 0.15) is 41.1 Å². The molecule has 1 aliphatic carbocycles. The van der Waals surface area contributed by atoms with E-state index in [1.165, 1.54) is 24.0 Å². The number of hydrogen-bond donors (Lipinski definition) is 1. The third kappa shape index (κ3) is 3.97. The Kier molecular flexibility index (Phi) is 4.89. The van der Waals surface area contributed by atoms with Gasteiger partial charge in [0.1, 0.15) is 5.75 Å². The predicted octanol–water partition coefficient (Wildman–Crippen LogP) is 4.26. The number of carbonyl (C=O) groups is 1. The minimum atomic E-state index is -0.0601. The molecular formula is C21H25NO2. The Morgan fingerprint density at radius 3 is 2.33 bits per heavy atom. The van der Waals surface area contributed by atoms with Crippen LogP contribution in [0, 0.1) is 26.7 Å². The van der Waals surface area contributed by atoms with E-state index in [0.29, 0.717) is 5.92 Å². The van der Waals surface area contributed by atoms with Crippen molar-refractivity contribution in [2.75, 3.05) is 6.61 Å². The third-order valence-electron chi connectivity index (χ3n) is 4.52. The van der Waals surface area contributed by atoms with Gasteiger partial charge in [-0.2, -0.15) is 0 Å². The van der Waals surface area contributed by atoms with Gasteiger partial charge in [0, 0.05) is 0 Å². The summed E-state index contributed by atoms with van der Waals surface area (Å²) >= 11 is 0. The smallest absolute Gasteiger partial charge is 0.258 e. The molecule has 1 atom stereocenters. The first kappa shape index (κ1) is 16.6. The fourth-order valence-corrected chi connectivity index (χ4v) is 3.31. The van der Waals surface area contributed by atoms with Crippen LogP contribution in [0.2, 0.25) is 0 Å². The second kappa shape index (κ2) is 7.08. The Morgan fingerprint density at radius 1 is 1.12 bits per heavy atom. The maximum absolute atomic E-state index is 12.4. The van der Waals surface area contributed by atoms with Crippen LogP contribution in [0.15, 0.2) is 42.5 Å². The maximum Gasteiger partial charge on any atom is 0.258 e. The van der Waals surface area contributed by atoms with Gasteiger partial charge in [-0.05, 0) is 56.2 Å². The summed E-state index contributed by atoms with van der Waals surface area (Å²) in [6, 6.07) is 14.5. The van der Waals surface area contributed by atoms with Gasteiger partial charge in [-0.3, -0.25) is 4.79 Å². The summed E-state index contributed by atoms with van der Waals surface area (Å²) in [5, 5.41) is 3.15. The number of amides is 1. The number of aryl methyl sites for hydroxylation is 3. The molecule has 1 N–H and O–H groups in total. The molecule has 0 heterocycles. The quantitative estimate of drug-likeness (QED) is 0.862. The van der Waals surface area contributed by atoms with Crippen molar-refractivity contribution in [1.82, 2.24) is 5.32 Å². The Labute approximate surface area is 144 Å². The number of benzene rings is 2. The first-order valence-corrected chi connectivity index (χ1v) is 8.59. The van der Waals surface area contributed by atoms with E-state index in [0.717, 1.165) is 16.9 Å². The molecule has 0 saturated heterocycles. The van der Waals surface area contributed by atoms with Gasteiger partial charge in [0.05, 0.1) is 6.04 Å². The lowest BCUT2D eigenvalue weighted by molar-refractivity contribution is -0.124. The van der Waals surface area contributed by atoms with Gasteiger partial charge in [-0.1, -0.05) is 48.0 Å². The van der Waals surface area contributed by atoms with E-state index in [2.05, 4.69) is 36.5 Å². The second-order valence-corrected chi connectivity index (χ2v) is 6.81. The van der Waals surface area contributed by atoms with Crippen molar-refractivity contribution < 1.29 is 9.53 Å². The summed E-state index contributed by atoms with van der Waals surface area (Å²) in [6.07, 6.45) is 2.35. The summed E-state index contributed by atoms with van der Waals surface area (Å²) in [6.45, 7) is 6.16. The summed E-state index contributed by atoms with van der Waals surface area (Å²) in [4.78, 5) is 12.4. The topological polar surface area (TPSA) is 38.3 Å². The van der Waals surface area contributed by atoms with Gasteiger partial charge in [0.15, 0.2) is 6.61 Å². The number of nitrogens with one attached hydrogen (secondary N) is 1. The van der Waals surface area contributed by atoms with Gasteiger partial charge in [0.2, 0.25) is 0 Å². The zero-order chi connectivity index (χ0) is 17.1. The van der Waals surface area contributed by atoms with Crippen LogP contribution in [-0.2, 0) is 4.79 Å². The summed E-state index contributed by atoms with van der Waals surface area (Å²) in [5.74, 6) is 1.31. The number of ether oxygens (including phenoxy) is 1. The molecule has 3 nitrogen and oxygen atoms in total. The van der Waals surface area contributed by atoms with Crippen molar-refractivity contribution >= 4 is 5.91 Å². The lowest BCUT2D eigenvalue weighted by Crippen LogP contribution is -2.33. The first-order chi connectivity index (χ1) is 11.5. The molecule has 1 fully saturated rings. The second-order valence-electron chi connectivity index (χ2n) is 6.81. The predicted molar refractivity (Wildman–Crippen MR) is 96.2 cm³/mol. The molecular weight excluding hydrogens is 298 g/mol. The highest BCUT2D eigenvalue weighted by Crippen LogP contribution is 2.40. The fraction of sp³-hybridized carbons (Fsp3) is 0.381. The zero-order valence-corrected chi connectivity index (χ0v) is 14.6. The molecule has 24 heavy (non-hydrogen) atoms. The van der Waals surface area contributed by atoms with Crippen LogP contribution >= 0.6 is 0 Å². The third-order valence-corrected chi connectivity index (χ3v) is 4.52. The first-order valence-electron chi connectivity index (χ1n) is 8.59. The van der Waals surface area contributed by atoms with E-state index in [1.54, 1.807) is 0 Å². The minimum Gasteiger partial charge on any atom is -0.483 e. The van der Waals surface area contributed by atoms with Gasteiger partial charge in [-0.25, -0.2) is 0 Å². The Balaban J connectivity index is 1.63. The van der Waals surface area contributed by atoms with E-state index in [-0.39, 0.29) is 18.6 Å². The molecule has 1 amide bonds. The van der Waals surface area contributed by atoms with Crippen molar-refractivity contribution in [2.24, 2.45) is 5.92 Å². The molecule has 0 bridgehead atoms. The van der Waals surface area contributed by atoms with Crippen LogP contribution in [0.5, 0.6) is 5.75 Å². The van der Waals surface area contributed by atoms with E-state index >= 15 is 0 Å². The van der Waals surface area contributed by atoms with Crippen LogP contribution in [-0.4, -0.2) is 12.5 Å². The number of hydrogen-bond acceptors (Lipinski definition) is 2. The minimum absolute atomic E-state index is 0.0563. The van der Waals surface area contributed by atoms with Crippen molar-refractivity contribution in [3.05, 3.63) is 64.7 Å². The van der Waals surface area contributed by atoms with Gasteiger partial charge in [0.25, 0.3) is 5.91 Å². The SMILES string of the molecule is Cc1cc(C)c(OCC(=O)NC(c2ccccc2)C2CC2)c(C)c1. The van der Waals surface area contributed by atoms with E-state index in [9.17, 15) is 4.79 Å². The summed E-state index contributed by atoms with van der Waals surface area (Å²) < 4.78 is 5.81. The van der Waals surface area contributed by atoms with Crippen molar-refractivity contribution in [3.8, 4) is 5.75 Å². The van der Waals surface area contributed by atoms with E-state index in [4.69, 9.17) is 4.74 Å². The summed E-state index contributed by atoms with van der Waals surface area (Å²) in [7, 11) is 0. The van der Waals surface area contributed by atoms with Gasteiger partial charge >= 0.3 is 0 Å². The molecule has 3 heteroatoms. The van der Waals surface area contributed by atoms with Crippen LogP contribution in [0.3, 0.4) is 0 Å². The average molecular weight is 323 g/mol. The molecule has 1 unspecified atom stereocenters. The standard InChI is InChI=1S/C21H25NO2/c1-14-11-15(2)21(16(3)12-14)24-13-19(23)22-20(18-9-10-18)17-7-5-4-6-8-17/h4-8,11-12,18,20H,9-10,13H2,1-3H3,(H,22,23). The highest BCUT2D eigenvalue weighted by Gasteiger charge is 2.33. The molecule has 126 valence electrons. The van der Waals surface area contributed by atoms with Crippen LogP contribution in [0.4, 0.5) is 0 Å². The lowest BCUT2D eigenvalue weighted by atomic mass is 10.0.